The fourth-order valence-corrected chi connectivity index (χ4v) is 1.66. The molecule has 2 aromatic rings. The molecule has 0 saturated heterocycles. The number of nitrogens with zero attached hydrogens (tertiary/aromatic N) is 1. The van der Waals surface area contributed by atoms with Gasteiger partial charge in [0.1, 0.15) is 0 Å². The van der Waals surface area contributed by atoms with Gasteiger partial charge in [-0.1, -0.05) is 32.4 Å². The van der Waals surface area contributed by atoms with E-state index in [4.69, 9.17) is 0 Å². The van der Waals surface area contributed by atoms with Crippen LogP contribution in [0.2, 0.25) is 0 Å². The van der Waals surface area contributed by atoms with E-state index in [9.17, 15) is 0 Å². The van der Waals surface area contributed by atoms with Gasteiger partial charge in [0.15, 0.2) is 0 Å². The molecular formula is C14H17N. The van der Waals surface area contributed by atoms with Crippen molar-refractivity contribution in [2.75, 3.05) is 0 Å². The van der Waals surface area contributed by atoms with Gasteiger partial charge >= 0.3 is 0 Å². The second kappa shape index (κ2) is 3.34. The number of hydrogen-bond donors (Lipinski definition) is 0. The maximum absolute atomic E-state index is 4.49. The quantitative estimate of drug-likeness (QED) is 0.628. The van der Waals surface area contributed by atoms with E-state index in [0.29, 0.717) is 0 Å². The minimum atomic E-state index is 0.172. The number of rotatable bonds is 0. The Kier molecular flexibility index (Phi) is 2.26. The first-order valence-corrected chi connectivity index (χ1v) is 5.34. The Morgan fingerprint density at radius 2 is 1.80 bits per heavy atom. The molecule has 1 heteroatoms. The van der Waals surface area contributed by atoms with E-state index in [0.717, 1.165) is 5.52 Å². The van der Waals surface area contributed by atoms with E-state index in [1.807, 2.05) is 6.20 Å². The first-order valence-electron chi connectivity index (χ1n) is 5.34. The topological polar surface area (TPSA) is 12.9 Å². The molecule has 0 atom stereocenters. The Labute approximate surface area is 91.2 Å². The predicted octanol–water partition coefficient (Wildman–Crippen LogP) is 3.84. The summed E-state index contributed by atoms with van der Waals surface area (Å²) >= 11 is 0. The van der Waals surface area contributed by atoms with Crippen LogP contribution in [0.25, 0.3) is 10.9 Å². The first-order chi connectivity index (χ1) is 6.97. The molecule has 0 N–H and O–H groups in total. The first kappa shape index (κ1) is 10.2. The summed E-state index contributed by atoms with van der Waals surface area (Å²) in [6.45, 7) is 8.76. The number of benzene rings is 1. The fraction of sp³-hybridized carbons (Fsp3) is 0.357. The van der Waals surface area contributed by atoms with E-state index in [1.54, 1.807) is 0 Å². The van der Waals surface area contributed by atoms with E-state index >= 15 is 0 Å². The van der Waals surface area contributed by atoms with Gasteiger partial charge in [0, 0.05) is 11.6 Å². The van der Waals surface area contributed by atoms with Crippen molar-refractivity contribution >= 4 is 10.9 Å². The van der Waals surface area contributed by atoms with Crippen LogP contribution in [0.3, 0.4) is 0 Å². The highest BCUT2D eigenvalue weighted by Gasteiger charge is 2.14. The summed E-state index contributed by atoms with van der Waals surface area (Å²) in [5, 5.41) is 1.24. The summed E-state index contributed by atoms with van der Waals surface area (Å²) < 4.78 is 0. The Bertz CT molecular complexity index is 492. The summed E-state index contributed by atoms with van der Waals surface area (Å²) in [6.07, 6.45) is 1.98. The van der Waals surface area contributed by atoms with Crippen LogP contribution in [0.15, 0.2) is 30.5 Å². The summed E-state index contributed by atoms with van der Waals surface area (Å²) in [5.74, 6) is 0. The van der Waals surface area contributed by atoms with Crippen molar-refractivity contribution in [3.8, 4) is 0 Å². The molecule has 15 heavy (non-hydrogen) atoms. The minimum absolute atomic E-state index is 0.172. The maximum atomic E-state index is 4.49. The van der Waals surface area contributed by atoms with Gasteiger partial charge < -0.3 is 0 Å². The molecule has 1 aromatic heterocycles. The highest BCUT2D eigenvalue weighted by molar-refractivity contribution is 5.79. The lowest BCUT2D eigenvalue weighted by Gasteiger charge is -2.18. The van der Waals surface area contributed by atoms with Gasteiger partial charge in [-0.05, 0) is 36.1 Å². The van der Waals surface area contributed by atoms with Crippen LogP contribution in [0.4, 0.5) is 0 Å². The average Bonchev–Trinajstić information content (AvgIpc) is 2.15. The molecule has 1 nitrogen and oxygen atoms in total. The van der Waals surface area contributed by atoms with Crippen LogP contribution in [0.1, 0.15) is 31.9 Å². The van der Waals surface area contributed by atoms with Crippen LogP contribution in [0, 0.1) is 6.92 Å². The Balaban J connectivity index is 2.64. The highest BCUT2D eigenvalue weighted by atomic mass is 14.7. The molecule has 0 aliphatic carbocycles. The molecule has 78 valence electrons. The molecule has 0 aliphatic rings. The molecule has 0 aliphatic heterocycles. The van der Waals surface area contributed by atoms with Crippen molar-refractivity contribution in [2.24, 2.45) is 0 Å². The minimum Gasteiger partial charge on any atom is -0.256 e. The van der Waals surface area contributed by atoms with E-state index < -0.39 is 0 Å². The molecular weight excluding hydrogens is 182 g/mol. The van der Waals surface area contributed by atoms with Crippen molar-refractivity contribution < 1.29 is 0 Å². The summed E-state index contributed by atoms with van der Waals surface area (Å²) in [7, 11) is 0. The number of pyridine rings is 1. The lowest BCUT2D eigenvalue weighted by molar-refractivity contribution is 0.589. The van der Waals surface area contributed by atoms with Crippen molar-refractivity contribution in [3.05, 3.63) is 41.6 Å². The lowest BCUT2D eigenvalue weighted by Crippen LogP contribution is -2.11. The van der Waals surface area contributed by atoms with E-state index in [2.05, 4.69) is 56.9 Å². The van der Waals surface area contributed by atoms with E-state index in [-0.39, 0.29) is 5.41 Å². The zero-order valence-corrected chi connectivity index (χ0v) is 9.83. The summed E-state index contributed by atoms with van der Waals surface area (Å²) in [4.78, 5) is 4.49. The molecule has 0 spiro atoms. The van der Waals surface area contributed by atoms with Crippen molar-refractivity contribution in [1.82, 2.24) is 4.98 Å². The van der Waals surface area contributed by atoms with Gasteiger partial charge in [0.25, 0.3) is 0 Å². The number of hydrogen-bond acceptors (Lipinski definition) is 1. The Morgan fingerprint density at radius 3 is 2.47 bits per heavy atom. The second-order valence-corrected chi connectivity index (χ2v) is 5.17. The zero-order chi connectivity index (χ0) is 11.1. The molecule has 0 amide bonds. The van der Waals surface area contributed by atoms with Crippen LogP contribution in [-0.2, 0) is 5.41 Å². The van der Waals surface area contributed by atoms with E-state index in [1.165, 1.54) is 16.5 Å². The van der Waals surface area contributed by atoms with Crippen molar-refractivity contribution in [2.45, 2.75) is 33.1 Å². The predicted molar refractivity (Wildman–Crippen MR) is 65.2 cm³/mol. The van der Waals surface area contributed by atoms with Crippen molar-refractivity contribution in [1.29, 1.82) is 0 Å². The van der Waals surface area contributed by atoms with Gasteiger partial charge in [-0.3, -0.25) is 4.98 Å². The van der Waals surface area contributed by atoms with Gasteiger partial charge in [-0.25, -0.2) is 0 Å². The molecule has 0 saturated carbocycles. The maximum Gasteiger partial charge on any atom is 0.0702 e. The summed E-state index contributed by atoms with van der Waals surface area (Å²) in [5.41, 5.74) is 3.83. The molecule has 0 radical (unpaired) electrons. The largest absolute Gasteiger partial charge is 0.256 e. The van der Waals surface area contributed by atoms with Gasteiger partial charge in [0.05, 0.1) is 5.52 Å². The van der Waals surface area contributed by atoms with Gasteiger partial charge in [0.2, 0.25) is 0 Å². The Morgan fingerprint density at radius 1 is 1.07 bits per heavy atom. The summed E-state index contributed by atoms with van der Waals surface area (Å²) in [6, 6.07) is 8.62. The standard InChI is InChI=1S/C14H17N/c1-10-5-6-13-11(7-10)8-12(9-15-13)14(2,3)4/h5-9H,1-4H3. The molecule has 0 unspecified atom stereocenters. The normalized spacial score (nSPS) is 12.0. The third-order valence-corrected chi connectivity index (χ3v) is 2.70. The van der Waals surface area contributed by atoms with Crippen LogP contribution in [-0.4, -0.2) is 4.98 Å². The zero-order valence-electron chi connectivity index (χ0n) is 9.83. The smallest absolute Gasteiger partial charge is 0.0702 e. The average molecular weight is 199 g/mol. The lowest BCUT2D eigenvalue weighted by atomic mass is 9.87. The van der Waals surface area contributed by atoms with Gasteiger partial charge in [-0.2, -0.15) is 0 Å². The fourth-order valence-electron chi connectivity index (χ4n) is 1.66. The van der Waals surface area contributed by atoms with Crippen LogP contribution in [0.5, 0.6) is 0 Å². The van der Waals surface area contributed by atoms with Gasteiger partial charge in [-0.15, -0.1) is 0 Å². The monoisotopic (exact) mass is 199 g/mol. The third-order valence-electron chi connectivity index (χ3n) is 2.70. The number of aromatic nitrogens is 1. The number of aryl methyl sites for hydroxylation is 1. The molecule has 0 fully saturated rings. The third kappa shape index (κ3) is 2.01. The molecule has 1 aromatic carbocycles. The Hall–Kier alpha value is -1.37. The van der Waals surface area contributed by atoms with Crippen molar-refractivity contribution in [3.63, 3.8) is 0 Å². The number of fused-ring (bicyclic) bond motifs is 1. The molecule has 2 rings (SSSR count). The SMILES string of the molecule is Cc1ccc2ncc(C(C)(C)C)cc2c1. The highest BCUT2D eigenvalue weighted by Crippen LogP contribution is 2.24. The van der Waals surface area contributed by atoms with Crippen LogP contribution >= 0.6 is 0 Å². The molecule has 1 heterocycles. The molecule has 0 bridgehead atoms. The van der Waals surface area contributed by atoms with Crippen LogP contribution < -0.4 is 0 Å². The second-order valence-electron chi connectivity index (χ2n) is 5.17.